The summed E-state index contributed by atoms with van der Waals surface area (Å²) in [5.41, 5.74) is 0. The second kappa shape index (κ2) is 29.2. The molecule has 0 rings (SSSR count). The Labute approximate surface area is 222 Å². The molecule has 0 radical (unpaired) electrons. The van der Waals surface area contributed by atoms with Gasteiger partial charge in [-0.05, 0) is 20.3 Å². The molecule has 0 saturated heterocycles. The van der Waals surface area contributed by atoms with Crippen molar-refractivity contribution < 1.29 is 47.5 Å². The van der Waals surface area contributed by atoms with Crippen molar-refractivity contribution in [2.24, 2.45) is 0 Å². The van der Waals surface area contributed by atoms with Crippen LogP contribution < -0.4 is 10.6 Å². The van der Waals surface area contributed by atoms with Gasteiger partial charge in [0, 0.05) is 26.1 Å². The van der Waals surface area contributed by atoms with E-state index in [9.17, 15) is 9.59 Å². The zero-order chi connectivity index (χ0) is 27.2. The molecular formula is C25H50N2O10. The van der Waals surface area contributed by atoms with Gasteiger partial charge in [0.05, 0.1) is 92.0 Å². The van der Waals surface area contributed by atoms with Gasteiger partial charge < -0.3 is 48.5 Å². The first-order chi connectivity index (χ1) is 18.1. The first-order valence-corrected chi connectivity index (χ1v) is 13.3. The van der Waals surface area contributed by atoms with Crippen molar-refractivity contribution in [3.63, 3.8) is 0 Å². The summed E-state index contributed by atoms with van der Waals surface area (Å²) in [6.45, 7) is 13.4. The van der Waals surface area contributed by atoms with Crippen LogP contribution in [-0.2, 0) is 47.5 Å². The Morgan fingerprint density at radius 2 is 0.973 bits per heavy atom. The number of hydrogen-bond donors (Lipinski definition) is 2. The van der Waals surface area contributed by atoms with Crippen LogP contribution in [0.4, 0.5) is 0 Å². The van der Waals surface area contributed by atoms with E-state index in [1.54, 1.807) is 0 Å². The number of nitrogens with one attached hydrogen (secondary N) is 2. The number of carbonyl (C=O) groups is 2. The maximum atomic E-state index is 11.8. The molecule has 0 fully saturated rings. The molecule has 0 bridgehead atoms. The summed E-state index contributed by atoms with van der Waals surface area (Å²) >= 11 is 0. The highest BCUT2D eigenvalue weighted by molar-refractivity contribution is 5.77. The molecular weight excluding hydrogens is 488 g/mol. The van der Waals surface area contributed by atoms with E-state index in [0.29, 0.717) is 92.4 Å². The minimum Gasteiger partial charge on any atom is -0.379 e. The standard InChI is InChI=1S/C25H50N2O10/c1-4-8-30-12-14-34-18-19-36-22-25(29)27-7-10-31-9-5-24(28)26-6-11-32-13-15-33-16-17-35-20-21-37-23(2)3/h23H,4-22H2,1-3H3,(H,26,28)(H,27,29). The molecule has 0 aliphatic carbocycles. The predicted molar refractivity (Wildman–Crippen MR) is 138 cm³/mol. The summed E-state index contributed by atoms with van der Waals surface area (Å²) in [7, 11) is 0. The van der Waals surface area contributed by atoms with Gasteiger partial charge >= 0.3 is 0 Å². The average Bonchev–Trinajstić information content (AvgIpc) is 2.87. The minimum atomic E-state index is -0.224. The first kappa shape index (κ1) is 35.6. The lowest BCUT2D eigenvalue weighted by molar-refractivity contribution is -0.127. The van der Waals surface area contributed by atoms with E-state index < -0.39 is 0 Å². The summed E-state index contributed by atoms with van der Waals surface area (Å²) in [6.07, 6.45) is 1.44. The molecule has 0 aromatic carbocycles. The number of ether oxygens (including phenoxy) is 8. The summed E-state index contributed by atoms with van der Waals surface area (Å²) in [6, 6.07) is 0. The number of rotatable bonds is 29. The Balaban J connectivity index is 3.27. The van der Waals surface area contributed by atoms with E-state index in [0.717, 1.165) is 13.0 Å². The minimum absolute atomic E-state index is 0.0326. The number of amides is 2. The molecule has 37 heavy (non-hydrogen) atoms. The third-order valence-corrected chi connectivity index (χ3v) is 4.36. The molecule has 0 aromatic heterocycles. The van der Waals surface area contributed by atoms with Crippen molar-refractivity contribution in [2.45, 2.75) is 39.7 Å². The lowest BCUT2D eigenvalue weighted by Gasteiger charge is -2.09. The van der Waals surface area contributed by atoms with Crippen LogP contribution in [0.15, 0.2) is 0 Å². The van der Waals surface area contributed by atoms with Gasteiger partial charge in [0.25, 0.3) is 0 Å². The topological polar surface area (TPSA) is 132 Å². The summed E-state index contributed by atoms with van der Waals surface area (Å²) < 4.78 is 42.8. The van der Waals surface area contributed by atoms with E-state index in [2.05, 4.69) is 17.6 Å². The normalized spacial score (nSPS) is 11.2. The first-order valence-electron chi connectivity index (χ1n) is 13.3. The molecule has 0 unspecified atom stereocenters. The fourth-order valence-corrected chi connectivity index (χ4v) is 2.57. The van der Waals surface area contributed by atoms with E-state index >= 15 is 0 Å². The third-order valence-electron chi connectivity index (χ3n) is 4.36. The van der Waals surface area contributed by atoms with Gasteiger partial charge in [-0.15, -0.1) is 0 Å². The molecule has 0 atom stereocenters. The van der Waals surface area contributed by atoms with Crippen LogP contribution in [0.25, 0.3) is 0 Å². The van der Waals surface area contributed by atoms with Crippen molar-refractivity contribution in [2.75, 3.05) is 112 Å². The second-order valence-electron chi connectivity index (χ2n) is 8.10. The van der Waals surface area contributed by atoms with Gasteiger partial charge in [-0.1, -0.05) is 6.92 Å². The molecule has 2 amide bonds. The van der Waals surface area contributed by atoms with E-state index in [-0.39, 0.29) is 37.6 Å². The maximum Gasteiger partial charge on any atom is 0.246 e. The van der Waals surface area contributed by atoms with Crippen LogP contribution in [0.2, 0.25) is 0 Å². The van der Waals surface area contributed by atoms with Crippen LogP contribution in [-0.4, -0.2) is 130 Å². The van der Waals surface area contributed by atoms with Crippen molar-refractivity contribution in [1.82, 2.24) is 10.6 Å². The highest BCUT2D eigenvalue weighted by Gasteiger charge is 2.03. The molecule has 0 heterocycles. The van der Waals surface area contributed by atoms with Crippen LogP contribution in [0.3, 0.4) is 0 Å². The number of hydrogen-bond acceptors (Lipinski definition) is 10. The van der Waals surface area contributed by atoms with E-state index in [1.807, 2.05) is 13.8 Å². The van der Waals surface area contributed by atoms with Gasteiger partial charge in [0.15, 0.2) is 0 Å². The highest BCUT2D eigenvalue weighted by atomic mass is 16.6. The SMILES string of the molecule is CCCOCCOCCOCC(=O)NCCOCCC(=O)NCCOCCOCCOCCOC(C)C. The van der Waals surface area contributed by atoms with Crippen molar-refractivity contribution >= 4 is 11.8 Å². The van der Waals surface area contributed by atoms with Gasteiger partial charge in [0.2, 0.25) is 11.8 Å². The van der Waals surface area contributed by atoms with Crippen LogP contribution in [0.1, 0.15) is 33.6 Å². The van der Waals surface area contributed by atoms with Gasteiger partial charge in [-0.3, -0.25) is 9.59 Å². The Bertz CT molecular complexity index is 512. The Morgan fingerprint density at radius 1 is 0.541 bits per heavy atom. The smallest absolute Gasteiger partial charge is 0.246 e. The lowest BCUT2D eigenvalue weighted by atomic mass is 10.4. The van der Waals surface area contributed by atoms with Gasteiger partial charge in [0.1, 0.15) is 6.61 Å². The second-order valence-corrected chi connectivity index (χ2v) is 8.10. The predicted octanol–water partition coefficient (Wildman–Crippen LogP) is 0.560. The molecule has 0 saturated carbocycles. The van der Waals surface area contributed by atoms with Gasteiger partial charge in [-0.25, -0.2) is 0 Å². The summed E-state index contributed by atoms with van der Waals surface area (Å²) in [5.74, 6) is -0.339. The van der Waals surface area contributed by atoms with Crippen molar-refractivity contribution in [3.05, 3.63) is 0 Å². The Kier molecular flexibility index (Phi) is 28.1. The molecule has 0 aromatic rings. The molecule has 0 aliphatic rings. The van der Waals surface area contributed by atoms with Crippen LogP contribution >= 0.6 is 0 Å². The number of carbonyl (C=O) groups excluding carboxylic acids is 2. The highest BCUT2D eigenvalue weighted by Crippen LogP contribution is 1.88. The average molecular weight is 539 g/mol. The fourth-order valence-electron chi connectivity index (χ4n) is 2.57. The summed E-state index contributed by atoms with van der Waals surface area (Å²) in [4.78, 5) is 23.4. The largest absolute Gasteiger partial charge is 0.379 e. The van der Waals surface area contributed by atoms with Crippen LogP contribution in [0.5, 0.6) is 0 Å². The summed E-state index contributed by atoms with van der Waals surface area (Å²) in [5, 5.41) is 5.45. The van der Waals surface area contributed by atoms with Crippen molar-refractivity contribution in [3.8, 4) is 0 Å². The quantitative estimate of drug-likeness (QED) is 0.130. The monoisotopic (exact) mass is 538 g/mol. The van der Waals surface area contributed by atoms with Crippen molar-refractivity contribution in [1.29, 1.82) is 0 Å². The molecule has 12 heteroatoms. The van der Waals surface area contributed by atoms with Gasteiger partial charge in [-0.2, -0.15) is 0 Å². The van der Waals surface area contributed by atoms with Crippen LogP contribution in [0, 0.1) is 0 Å². The Morgan fingerprint density at radius 3 is 1.51 bits per heavy atom. The zero-order valence-corrected chi connectivity index (χ0v) is 23.1. The Hall–Kier alpha value is -1.38. The van der Waals surface area contributed by atoms with E-state index in [1.165, 1.54) is 0 Å². The maximum absolute atomic E-state index is 11.8. The van der Waals surface area contributed by atoms with E-state index in [4.69, 9.17) is 37.9 Å². The molecule has 12 nitrogen and oxygen atoms in total. The molecule has 0 spiro atoms. The zero-order valence-electron chi connectivity index (χ0n) is 23.1. The molecule has 220 valence electrons. The fraction of sp³-hybridized carbons (Fsp3) is 0.920. The molecule has 2 N–H and O–H groups in total. The lowest BCUT2D eigenvalue weighted by Crippen LogP contribution is -2.32. The molecule has 0 aliphatic heterocycles. The third kappa shape index (κ3) is 30.7.